The predicted octanol–water partition coefficient (Wildman–Crippen LogP) is 2.51. The minimum atomic E-state index is -0.700. The van der Waals surface area contributed by atoms with Gasteiger partial charge in [-0.05, 0) is 18.7 Å². The average Bonchev–Trinajstić information content (AvgIpc) is 2.50. The van der Waals surface area contributed by atoms with Gasteiger partial charge in [0.25, 0.3) is 0 Å². The lowest BCUT2D eigenvalue weighted by atomic mass is 10.1. The monoisotopic (exact) mass is 321 g/mol. The number of benzene rings is 1. The van der Waals surface area contributed by atoms with Crippen molar-refractivity contribution in [2.75, 3.05) is 6.54 Å². The summed E-state index contributed by atoms with van der Waals surface area (Å²) in [6.07, 6.45) is -0.174. The number of aromatic amines is 1. The number of hydrogen-bond acceptors (Lipinski definition) is 4. The van der Waals surface area contributed by atoms with E-state index in [0.29, 0.717) is 18.7 Å². The van der Waals surface area contributed by atoms with Crippen molar-refractivity contribution in [3.63, 3.8) is 0 Å². The zero-order valence-electron chi connectivity index (χ0n) is 11.5. The largest absolute Gasteiger partial charge is 0.483 e. The third-order valence-corrected chi connectivity index (χ3v) is 3.27. The van der Waals surface area contributed by atoms with Crippen molar-refractivity contribution in [2.45, 2.75) is 12.5 Å². The molecule has 2 aromatic rings. The number of nitrogens with two attached hydrogens (primary N) is 1. The molecule has 0 spiro atoms. The average molecular weight is 322 g/mol. The second-order valence-corrected chi connectivity index (χ2v) is 4.94. The molecule has 0 aliphatic rings. The third-order valence-electron chi connectivity index (χ3n) is 2.98. The fraction of sp³-hybridized carbons (Fsp3) is 0.200. The summed E-state index contributed by atoms with van der Waals surface area (Å²) in [4.78, 5) is 14.1. The number of rotatable bonds is 5. The molecule has 1 atom stereocenters. The van der Waals surface area contributed by atoms with Crippen LogP contribution in [0.3, 0.4) is 0 Å². The molecule has 22 heavy (non-hydrogen) atoms. The van der Waals surface area contributed by atoms with Gasteiger partial charge in [0.15, 0.2) is 0 Å². The van der Waals surface area contributed by atoms with E-state index >= 15 is 0 Å². The number of H-pyrrole nitrogens is 1. The molecular weight excluding hydrogens is 309 g/mol. The summed E-state index contributed by atoms with van der Waals surface area (Å²) in [6.45, 7) is 0.304. The highest BCUT2D eigenvalue weighted by atomic mass is 35.5. The number of halogens is 2. The van der Waals surface area contributed by atoms with Crippen LogP contribution in [0.1, 0.15) is 23.8 Å². The van der Waals surface area contributed by atoms with Gasteiger partial charge in [-0.25, -0.2) is 4.39 Å². The third kappa shape index (κ3) is 3.64. The van der Waals surface area contributed by atoms with Crippen LogP contribution < -0.4 is 16.0 Å². The van der Waals surface area contributed by atoms with E-state index in [-0.39, 0.29) is 21.9 Å². The minimum Gasteiger partial charge on any atom is -0.483 e. The van der Waals surface area contributed by atoms with Crippen LogP contribution in [0.5, 0.6) is 5.75 Å². The van der Waals surface area contributed by atoms with E-state index in [1.165, 1.54) is 12.1 Å². The fourth-order valence-electron chi connectivity index (χ4n) is 1.95. The molecule has 1 unspecified atom stereocenters. The van der Waals surface area contributed by atoms with E-state index in [9.17, 15) is 9.18 Å². The lowest BCUT2D eigenvalue weighted by Crippen LogP contribution is -2.18. The topological polar surface area (TPSA) is 91.9 Å². The maximum absolute atomic E-state index is 13.4. The summed E-state index contributed by atoms with van der Waals surface area (Å²) in [7, 11) is 0. The second-order valence-electron chi connectivity index (χ2n) is 4.53. The van der Waals surface area contributed by atoms with Crippen molar-refractivity contribution in [1.29, 1.82) is 5.26 Å². The van der Waals surface area contributed by atoms with E-state index < -0.39 is 11.9 Å². The Morgan fingerprint density at radius 3 is 2.86 bits per heavy atom. The van der Waals surface area contributed by atoms with Crippen LogP contribution in [0.15, 0.2) is 35.1 Å². The van der Waals surface area contributed by atoms with Crippen molar-refractivity contribution in [1.82, 2.24) is 4.98 Å². The van der Waals surface area contributed by atoms with E-state index in [0.717, 1.165) is 6.07 Å². The van der Waals surface area contributed by atoms with E-state index in [1.807, 2.05) is 6.07 Å². The van der Waals surface area contributed by atoms with Crippen LogP contribution >= 0.6 is 11.6 Å². The van der Waals surface area contributed by atoms with Crippen molar-refractivity contribution in [3.05, 3.63) is 62.8 Å². The molecule has 0 saturated heterocycles. The van der Waals surface area contributed by atoms with Crippen LogP contribution in [-0.4, -0.2) is 11.5 Å². The molecule has 1 aromatic heterocycles. The Hall–Kier alpha value is -2.36. The molecule has 7 heteroatoms. The van der Waals surface area contributed by atoms with Crippen LogP contribution in [0.25, 0.3) is 0 Å². The molecule has 0 aliphatic carbocycles. The van der Waals surface area contributed by atoms with Crippen LogP contribution in [0.2, 0.25) is 5.02 Å². The van der Waals surface area contributed by atoms with Gasteiger partial charge in [-0.3, -0.25) is 4.79 Å². The lowest BCUT2D eigenvalue weighted by Gasteiger charge is -2.19. The van der Waals surface area contributed by atoms with Gasteiger partial charge in [0, 0.05) is 18.6 Å². The Balaban J connectivity index is 2.39. The summed E-state index contributed by atoms with van der Waals surface area (Å²) in [5, 5.41) is 8.92. The number of nitrogens with one attached hydrogen (secondary N) is 1. The van der Waals surface area contributed by atoms with Crippen LogP contribution in [-0.2, 0) is 0 Å². The summed E-state index contributed by atoms with van der Waals surface area (Å²) >= 11 is 5.73. The number of aromatic nitrogens is 1. The van der Waals surface area contributed by atoms with Crippen molar-refractivity contribution >= 4 is 11.6 Å². The first-order chi connectivity index (χ1) is 10.5. The Morgan fingerprint density at radius 1 is 1.45 bits per heavy atom. The maximum atomic E-state index is 13.4. The molecule has 2 rings (SSSR count). The maximum Gasteiger partial charge on any atom is 0.248 e. The van der Waals surface area contributed by atoms with Gasteiger partial charge in [-0.2, -0.15) is 5.26 Å². The first-order valence-electron chi connectivity index (χ1n) is 6.50. The molecule has 0 fully saturated rings. The summed E-state index contributed by atoms with van der Waals surface area (Å²) in [5.41, 5.74) is 5.81. The first kappa shape index (κ1) is 16.0. The Morgan fingerprint density at radius 2 is 2.23 bits per heavy atom. The number of pyridine rings is 1. The second kappa shape index (κ2) is 7.07. The van der Waals surface area contributed by atoms with Gasteiger partial charge in [0.05, 0.1) is 16.3 Å². The Bertz CT molecular complexity index is 770. The molecule has 1 aromatic carbocycles. The van der Waals surface area contributed by atoms with E-state index in [4.69, 9.17) is 27.3 Å². The molecule has 3 N–H and O–H groups in total. The number of nitriles is 1. The van der Waals surface area contributed by atoms with Gasteiger partial charge in [0.2, 0.25) is 5.56 Å². The Labute approximate surface area is 131 Å². The predicted molar refractivity (Wildman–Crippen MR) is 80.2 cm³/mol. The summed E-state index contributed by atoms with van der Waals surface area (Å²) in [5.74, 6) is -0.564. The zero-order valence-corrected chi connectivity index (χ0v) is 12.2. The standard InChI is InChI=1S/C15H13ClFN3O2/c16-10-7-14(9(8-19)6-11(10)17)22-13(4-5-18)12-2-1-3-15(21)20-12/h1-3,6-7,13H,4-5,18H2,(H,20,21). The highest BCUT2D eigenvalue weighted by Crippen LogP contribution is 2.30. The molecule has 0 saturated carbocycles. The van der Waals surface area contributed by atoms with Crippen molar-refractivity contribution in [2.24, 2.45) is 5.73 Å². The first-order valence-corrected chi connectivity index (χ1v) is 6.88. The molecule has 0 bridgehead atoms. The molecular formula is C15H13ClFN3O2. The lowest BCUT2D eigenvalue weighted by molar-refractivity contribution is 0.192. The summed E-state index contributed by atoms with van der Waals surface area (Å²) < 4.78 is 19.1. The quantitative estimate of drug-likeness (QED) is 0.885. The van der Waals surface area contributed by atoms with Gasteiger partial charge >= 0.3 is 0 Å². The molecule has 5 nitrogen and oxygen atoms in total. The van der Waals surface area contributed by atoms with Gasteiger partial charge in [-0.15, -0.1) is 0 Å². The Kier molecular flexibility index (Phi) is 5.15. The zero-order chi connectivity index (χ0) is 16.1. The smallest absolute Gasteiger partial charge is 0.248 e. The van der Waals surface area contributed by atoms with Crippen LogP contribution in [0, 0.1) is 17.1 Å². The van der Waals surface area contributed by atoms with Gasteiger partial charge in [0.1, 0.15) is 23.7 Å². The highest BCUT2D eigenvalue weighted by Gasteiger charge is 2.17. The van der Waals surface area contributed by atoms with Gasteiger partial charge < -0.3 is 15.5 Å². The fourth-order valence-corrected chi connectivity index (χ4v) is 2.10. The van der Waals surface area contributed by atoms with Gasteiger partial charge in [-0.1, -0.05) is 17.7 Å². The SMILES string of the molecule is N#Cc1cc(F)c(Cl)cc1OC(CCN)c1cccc(=O)[nH]1. The molecule has 1 heterocycles. The minimum absolute atomic E-state index is 0.0159. The highest BCUT2D eigenvalue weighted by molar-refractivity contribution is 6.30. The molecule has 0 radical (unpaired) electrons. The molecule has 0 amide bonds. The van der Waals surface area contributed by atoms with Crippen molar-refractivity contribution in [3.8, 4) is 11.8 Å². The number of ether oxygens (including phenoxy) is 1. The van der Waals surface area contributed by atoms with Crippen LogP contribution in [0.4, 0.5) is 4.39 Å². The van der Waals surface area contributed by atoms with E-state index in [1.54, 1.807) is 12.1 Å². The molecule has 114 valence electrons. The number of nitrogens with zero attached hydrogens (tertiary/aromatic N) is 1. The summed E-state index contributed by atoms with van der Waals surface area (Å²) in [6, 6.07) is 8.73. The van der Waals surface area contributed by atoms with E-state index in [2.05, 4.69) is 4.98 Å². The molecule has 0 aliphatic heterocycles. The normalized spacial score (nSPS) is 11.7. The number of hydrogen-bond donors (Lipinski definition) is 2. The van der Waals surface area contributed by atoms with Crippen molar-refractivity contribution < 1.29 is 9.13 Å².